The maximum Gasteiger partial charge on any atom is 0.219 e. The molecule has 4 N–H and O–H groups in total. The van der Waals surface area contributed by atoms with Gasteiger partial charge in [0.2, 0.25) is 5.91 Å². The number of aryl methyl sites for hydroxylation is 1. The van der Waals surface area contributed by atoms with E-state index in [1.54, 1.807) is 6.08 Å². The van der Waals surface area contributed by atoms with Crippen molar-refractivity contribution < 1.29 is 20.1 Å². The maximum absolute atomic E-state index is 11.4. The van der Waals surface area contributed by atoms with Gasteiger partial charge in [0.15, 0.2) is 0 Å². The third-order valence-corrected chi connectivity index (χ3v) is 5.77. The molecule has 30 heavy (non-hydrogen) atoms. The minimum Gasteiger partial charge on any atom is -0.393 e. The van der Waals surface area contributed by atoms with Crippen LogP contribution >= 0.6 is 0 Å². The standard InChI is InChI=1S/C25H37NO4/c1-2-26-25(30)13-9-4-3-8-12-21-22(24(29)18-23(21)28)17-16-20(27)15-14-19-10-6-5-7-11-19/h3,5-8,10-11,16-17,20-24,27-29H,2,4,9,12-15,18H2,1H3,(H,26,30)/b8-3+,17-16+/t20-,21+,22?,23-,24+/m0/s1. The lowest BCUT2D eigenvalue weighted by Crippen LogP contribution is -2.21. The number of rotatable bonds is 12. The summed E-state index contributed by atoms with van der Waals surface area (Å²) in [6.45, 7) is 2.57. The van der Waals surface area contributed by atoms with E-state index in [-0.39, 0.29) is 17.7 Å². The summed E-state index contributed by atoms with van der Waals surface area (Å²) in [5.74, 6) is -0.139. The highest BCUT2D eigenvalue weighted by Crippen LogP contribution is 2.36. The van der Waals surface area contributed by atoms with E-state index in [9.17, 15) is 20.1 Å². The highest BCUT2D eigenvalue weighted by Gasteiger charge is 2.39. The monoisotopic (exact) mass is 415 g/mol. The second-order valence-corrected chi connectivity index (χ2v) is 8.14. The van der Waals surface area contributed by atoms with E-state index >= 15 is 0 Å². The predicted molar refractivity (Wildman–Crippen MR) is 120 cm³/mol. The molecule has 5 heteroatoms. The molecule has 1 aromatic carbocycles. The molecule has 1 fully saturated rings. The predicted octanol–water partition coefficient (Wildman–Crippen LogP) is 3.15. The molecule has 1 unspecified atom stereocenters. The van der Waals surface area contributed by atoms with Gasteiger partial charge in [0, 0.05) is 25.3 Å². The summed E-state index contributed by atoms with van der Waals surface area (Å²) in [6.07, 6.45) is 10.6. The van der Waals surface area contributed by atoms with Crippen LogP contribution in [0.15, 0.2) is 54.6 Å². The topological polar surface area (TPSA) is 89.8 Å². The molecule has 0 aliphatic heterocycles. The summed E-state index contributed by atoms with van der Waals surface area (Å²) in [5.41, 5.74) is 1.19. The van der Waals surface area contributed by atoms with Gasteiger partial charge in [0.25, 0.3) is 0 Å². The Morgan fingerprint density at radius 3 is 2.70 bits per heavy atom. The third-order valence-electron chi connectivity index (χ3n) is 5.77. The number of aliphatic hydroxyl groups excluding tert-OH is 3. The zero-order chi connectivity index (χ0) is 21.8. The highest BCUT2D eigenvalue weighted by atomic mass is 16.3. The number of hydrogen-bond acceptors (Lipinski definition) is 4. The lowest BCUT2D eigenvalue weighted by atomic mass is 9.89. The molecule has 1 saturated carbocycles. The third kappa shape index (κ3) is 8.42. The summed E-state index contributed by atoms with van der Waals surface area (Å²) in [4.78, 5) is 11.4. The summed E-state index contributed by atoms with van der Waals surface area (Å²) in [6, 6.07) is 10.1. The molecule has 166 valence electrons. The van der Waals surface area contributed by atoms with E-state index in [1.165, 1.54) is 5.56 Å². The molecule has 2 rings (SSSR count). The first-order valence-electron chi connectivity index (χ1n) is 11.2. The Bertz CT molecular complexity index is 673. The van der Waals surface area contributed by atoms with E-state index < -0.39 is 18.3 Å². The Morgan fingerprint density at radius 2 is 1.97 bits per heavy atom. The first-order chi connectivity index (χ1) is 14.5. The van der Waals surface area contributed by atoms with Gasteiger partial charge in [-0.2, -0.15) is 0 Å². The summed E-state index contributed by atoms with van der Waals surface area (Å²) < 4.78 is 0. The number of carbonyl (C=O) groups is 1. The highest BCUT2D eigenvalue weighted by molar-refractivity contribution is 5.75. The molecule has 1 aliphatic carbocycles. The fourth-order valence-corrected chi connectivity index (χ4v) is 4.06. The van der Waals surface area contributed by atoms with Crippen molar-refractivity contribution in [3.8, 4) is 0 Å². The molecule has 0 aromatic heterocycles. The van der Waals surface area contributed by atoms with E-state index in [2.05, 4.69) is 5.32 Å². The minimum atomic E-state index is -0.589. The van der Waals surface area contributed by atoms with Gasteiger partial charge in [-0.1, -0.05) is 54.6 Å². The van der Waals surface area contributed by atoms with Crippen LogP contribution in [0.1, 0.15) is 51.0 Å². The van der Waals surface area contributed by atoms with Crippen molar-refractivity contribution in [2.45, 2.75) is 70.2 Å². The summed E-state index contributed by atoms with van der Waals surface area (Å²) in [5, 5.41) is 33.8. The number of nitrogens with one attached hydrogen (secondary N) is 1. The zero-order valence-electron chi connectivity index (χ0n) is 18.0. The van der Waals surface area contributed by atoms with Gasteiger partial charge < -0.3 is 20.6 Å². The van der Waals surface area contributed by atoms with E-state index in [0.717, 1.165) is 19.3 Å². The smallest absolute Gasteiger partial charge is 0.219 e. The summed E-state index contributed by atoms with van der Waals surface area (Å²) in [7, 11) is 0. The first-order valence-corrected chi connectivity index (χ1v) is 11.2. The van der Waals surface area contributed by atoms with E-state index in [4.69, 9.17) is 0 Å². The zero-order valence-corrected chi connectivity index (χ0v) is 18.0. The van der Waals surface area contributed by atoms with Crippen LogP contribution in [-0.2, 0) is 11.2 Å². The second kappa shape index (κ2) is 13.4. The van der Waals surface area contributed by atoms with Crippen molar-refractivity contribution in [3.63, 3.8) is 0 Å². The van der Waals surface area contributed by atoms with Gasteiger partial charge >= 0.3 is 0 Å². The molecule has 1 aromatic rings. The quantitative estimate of drug-likeness (QED) is 0.312. The van der Waals surface area contributed by atoms with Gasteiger partial charge in [-0.3, -0.25) is 4.79 Å². The first kappa shape index (κ1) is 24.3. The normalized spacial score (nSPS) is 25.2. The molecule has 0 spiro atoms. The maximum atomic E-state index is 11.4. The SMILES string of the molecule is CCNC(=O)CCC/C=C/C[C@@H]1C(/C=C/[C@@H](O)CCc2ccccc2)[C@H](O)C[C@@H]1O. The van der Waals surface area contributed by atoms with Gasteiger partial charge in [-0.25, -0.2) is 0 Å². The number of aliphatic hydroxyl groups is 3. The van der Waals surface area contributed by atoms with Crippen LogP contribution in [0.5, 0.6) is 0 Å². The van der Waals surface area contributed by atoms with Crippen molar-refractivity contribution in [1.29, 1.82) is 0 Å². The van der Waals surface area contributed by atoms with Crippen LogP contribution in [0.25, 0.3) is 0 Å². The number of allylic oxidation sites excluding steroid dienone is 2. The van der Waals surface area contributed by atoms with Crippen LogP contribution < -0.4 is 5.32 Å². The lowest BCUT2D eigenvalue weighted by Gasteiger charge is -2.19. The molecule has 1 aliphatic rings. The Hall–Kier alpha value is -1.95. The largest absolute Gasteiger partial charge is 0.393 e. The Kier molecular flexibility index (Phi) is 10.8. The molecule has 0 bridgehead atoms. The van der Waals surface area contributed by atoms with Crippen LogP contribution in [0, 0.1) is 11.8 Å². The summed E-state index contributed by atoms with van der Waals surface area (Å²) >= 11 is 0. The molecule has 0 saturated heterocycles. The van der Waals surface area contributed by atoms with Crippen molar-refractivity contribution in [2.75, 3.05) is 6.54 Å². The molecule has 5 atom stereocenters. The van der Waals surface area contributed by atoms with Gasteiger partial charge in [-0.15, -0.1) is 0 Å². The molecule has 1 amide bonds. The Labute approximate surface area is 180 Å². The fourth-order valence-electron chi connectivity index (χ4n) is 4.06. The molecular weight excluding hydrogens is 378 g/mol. The molecule has 0 radical (unpaired) electrons. The van der Waals surface area contributed by atoms with Gasteiger partial charge in [-0.05, 0) is 50.5 Å². The van der Waals surface area contributed by atoms with Crippen molar-refractivity contribution in [1.82, 2.24) is 5.32 Å². The van der Waals surface area contributed by atoms with Gasteiger partial charge in [0.05, 0.1) is 18.3 Å². The van der Waals surface area contributed by atoms with Crippen LogP contribution in [0.2, 0.25) is 0 Å². The number of hydrogen-bond donors (Lipinski definition) is 4. The van der Waals surface area contributed by atoms with E-state index in [0.29, 0.717) is 32.2 Å². The van der Waals surface area contributed by atoms with Crippen molar-refractivity contribution in [2.24, 2.45) is 11.8 Å². The minimum absolute atomic E-state index is 0.0581. The van der Waals surface area contributed by atoms with Crippen LogP contribution in [-0.4, -0.2) is 46.1 Å². The fraction of sp³-hybridized carbons (Fsp3) is 0.560. The Balaban J connectivity index is 1.78. The van der Waals surface area contributed by atoms with Crippen molar-refractivity contribution in [3.05, 3.63) is 60.2 Å². The second-order valence-electron chi connectivity index (χ2n) is 8.14. The van der Waals surface area contributed by atoms with Crippen molar-refractivity contribution >= 4 is 5.91 Å². The Morgan fingerprint density at radius 1 is 1.20 bits per heavy atom. The van der Waals surface area contributed by atoms with Crippen LogP contribution in [0.3, 0.4) is 0 Å². The average molecular weight is 416 g/mol. The lowest BCUT2D eigenvalue weighted by molar-refractivity contribution is -0.121. The molecule has 5 nitrogen and oxygen atoms in total. The average Bonchev–Trinajstić information content (AvgIpc) is 3.00. The van der Waals surface area contributed by atoms with Crippen LogP contribution in [0.4, 0.5) is 0 Å². The number of carbonyl (C=O) groups excluding carboxylic acids is 1. The molecule has 0 heterocycles. The van der Waals surface area contributed by atoms with E-state index in [1.807, 2.05) is 55.5 Å². The number of amides is 1. The number of unbranched alkanes of at least 4 members (excludes halogenated alkanes) is 1. The number of benzene rings is 1. The molecular formula is C25H37NO4. The van der Waals surface area contributed by atoms with Gasteiger partial charge in [0.1, 0.15) is 0 Å².